The number of phosphoric ester groups is 1. The summed E-state index contributed by atoms with van der Waals surface area (Å²) in [6, 6.07) is 0. The summed E-state index contributed by atoms with van der Waals surface area (Å²) in [5.41, 5.74) is 0. The van der Waals surface area contributed by atoms with Gasteiger partial charge in [-0.2, -0.15) is 4.73 Å². The molecule has 0 saturated heterocycles. The summed E-state index contributed by atoms with van der Waals surface area (Å²) in [4.78, 5) is 29.5. The third-order valence-electron chi connectivity index (χ3n) is 1.35. The van der Waals surface area contributed by atoms with Gasteiger partial charge in [-0.3, -0.25) is 4.52 Å². The van der Waals surface area contributed by atoms with Gasteiger partial charge in [0.2, 0.25) is 0 Å². The van der Waals surface area contributed by atoms with Crippen LogP contribution in [0, 0.1) is 0 Å². The van der Waals surface area contributed by atoms with Crippen LogP contribution in [0.5, 0.6) is 0 Å². The minimum absolute atomic E-state index is 0.810. The lowest BCUT2D eigenvalue weighted by molar-refractivity contribution is -0.0218. The highest BCUT2D eigenvalue weighted by Crippen LogP contribution is 2.43. The van der Waals surface area contributed by atoms with Gasteiger partial charge in [-0.1, -0.05) is 0 Å². The predicted octanol–water partition coefficient (Wildman–Crippen LogP) is -1.08. The predicted molar refractivity (Wildman–Crippen MR) is 52.6 cm³/mol. The fourth-order valence-corrected chi connectivity index (χ4v) is 2.30. The van der Waals surface area contributed by atoms with E-state index in [1.165, 1.54) is 12.4 Å². The molecule has 0 spiro atoms. The second kappa shape index (κ2) is 5.28. The Kier molecular flexibility index (Phi) is 4.45. The standard InChI is InChI=1S/C5H10N2O8P2/c8-5(14-17(11,12)13)3-16(9,10)15-7-2-1-6-4-7/h1-2,4-5,8H,3H2,(H,9,10)(H2,11,12,13). The van der Waals surface area contributed by atoms with Crippen LogP contribution in [0.4, 0.5) is 0 Å². The first kappa shape index (κ1) is 14.3. The van der Waals surface area contributed by atoms with Crippen molar-refractivity contribution in [2.75, 3.05) is 6.16 Å². The Bertz CT molecular complexity index is 441. The second-order valence-electron chi connectivity index (χ2n) is 2.87. The van der Waals surface area contributed by atoms with Crippen molar-refractivity contribution in [3.05, 3.63) is 18.7 Å². The highest BCUT2D eigenvalue weighted by atomic mass is 31.2. The second-order valence-corrected chi connectivity index (χ2v) is 5.87. The molecule has 0 bridgehead atoms. The molecule has 0 radical (unpaired) electrons. The maximum absolute atomic E-state index is 11.4. The molecule has 10 nitrogen and oxygen atoms in total. The minimum atomic E-state index is -4.94. The summed E-state index contributed by atoms with van der Waals surface area (Å²) in [5, 5.41) is 9.00. The largest absolute Gasteiger partial charge is 0.471 e. The topological polar surface area (TPSA) is 151 Å². The molecule has 98 valence electrons. The first-order chi connectivity index (χ1) is 7.68. The lowest BCUT2D eigenvalue weighted by Crippen LogP contribution is -2.20. The number of aliphatic hydroxyl groups excluding tert-OH is 1. The van der Waals surface area contributed by atoms with E-state index in [0.29, 0.717) is 0 Å². The van der Waals surface area contributed by atoms with E-state index in [1.54, 1.807) is 0 Å². The van der Waals surface area contributed by atoms with Gasteiger partial charge >= 0.3 is 15.4 Å². The molecular weight excluding hydrogens is 278 g/mol. The molecule has 0 saturated carbocycles. The summed E-state index contributed by atoms with van der Waals surface area (Å²) in [7, 11) is -9.25. The van der Waals surface area contributed by atoms with E-state index in [1.807, 2.05) is 0 Å². The Morgan fingerprint density at radius 1 is 1.35 bits per heavy atom. The van der Waals surface area contributed by atoms with Crippen LogP contribution in [-0.2, 0) is 13.7 Å². The lowest BCUT2D eigenvalue weighted by atomic mass is 10.8. The van der Waals surface area contributed by atoms with Crippen LogP contribution in [0.2, 0.25) is 0 Å². The first-order valence-corrected chi connectivity index (χ1v) is 7.39. The number of hydrogen-bond donors (Lipinski definition) is 4. The number of aliphatic hydroxyl groups is 1. The van der Waals surface area contributed by atoms with E-state index in [9.17, 15) is 14.0 Å². The number of rotatable bonds is 6. The summed E-state index contributed by atoms with van der Waals surface area (Å²) in [6.45, 7) is 0. The van der Waals surface area contributed by atoms with Gasteiger partial charge in [0, 0.05) is 6.20 Å². The molecule has 2 atom stereocenters. The van der Waals surface area contributed by atoms with Crippen LogP contribution in [-0.4, -0.2) is 42.0 Å². The van der Waals surface area contributed by atoms with Crippen molar-refractivity contribution in [3.8, 4) is 0 Å². The zero-order valence-corrected chi connectivity index (χ0v) is 10.0. The average molecular weight is 288 g/mol. The fourth-order valence-electron chi connectivity index (χ4n) is 0.865. The van der Waals surface area contributed by atoms with Crippen molar-refractivity contribution in [2.45, 2.75) is 6.29 Å². The van der Waals surface area contributed by atoms with Crippen LogP contribution in [0.15, 0.2) is 18.7 Å². The van der Waals surface area contributed by atoms with E-state index in [-0.39, 0.29) is 0 Å². The van der Waals surface area contributed by atoms with Gasteiger partial charge in [-0.15, -0.1) is 0 Å². The van der Waals surface area contributed by atoms with Crippen molar-refractivity contribution >= 4 is 15.4 Å². The Morgan fingerprint density at radius 2 is 2.00 bits per heavy atom. The molecule has 17 heavy (non-hydrogen) atoms. The monoisotopic (exact) mass is 288 g/mol. The molecule has 0 aliphatic heterocycles. The quantitative estimate of drug-likeness (QED) is 0.378. The number of aromatic nitrogens is 2. The van der Waals surface area contributed by atoms with Gasteiger partial charge in [0.1, 0.15) is 12.5 Å². The van der Waals surface area contributed by atoms with Gasteiger partial charge in [0.25, 0.3) is 0 Å². The fraction of sp³-hybridized carbons (Fsp3) is 0.400. The maximum Gasteiger partial charge on any atom is 0.471 e. The van der Waals surface area contributed by atoms with Crippen molar-refractivity contribution in [1.82, 2.24) is 9.71 Å². The number of nitrogens with zero attached hydrogens (tertiary/aromatic N) is 2. The maximum atomic E-state index is 11.4. The molecule has 1 aromatic heterocycles. The molecule has 0 aromatic carbocycles. The molecule has 4 N–H and O–H groups in total. The Morgan fingerprint density at radius 3 is 2.47 bits per heavy atom. The van der Waals surface area contributed by atoms with Gasteiger partial charge in [0.05, 0.1) is 6.20 Å². The molecule has 1 rings (SSSR count). The number of hydrogen-bond acceptors (Lipinski definition) is 6. The Labute approximate surface area is 95.2 Å². The molecule has 0 amide bonds. The summed E-state index contributed by atoms with van der Waals surface area (Å²) >= 11 is 0. The molecule has 1 heterocycles. The van der Waals surface area contributed by atoms with Gasteiger partial charge in [-0.25, -0.2) is 14.1 Å². The van der Waals surface area contributed by atoms with E-state index < -0.39 is 27.9 Å². The summed E-state index contributed by atoms with van der Waals surface area (Å²) in [6.07, 6.45) is 0.451. The third kappa shape index (κ3) is 5.94. The average Bonchev–Trinajstić information content (AvgIpc) is 2.49. The minimum Gasteiger partial charge on any atom is -0.367 e. The van der Waals surface area contributed by atoms with Crippen LogP contribution in [0.3, 0.4) is 0 Å². The Balaban J connectivity index is 2.55. The van der Waals surface area contributed by atoms with E-state index >= 15 is 0 Å². The molecule has 0 fully saturated rings. The number of imidazole rings is 1. The SMILES string of the molecule is O=P(O)(O)OC(O)CP(=O)(O)On1ccnc1. The first-order valence-electron chi connectivity index (χ1n) is 4.10. The number of phosphoric acid groups is 1. The van der Waals surface area contributed by atoms with Gasteiger partial charge < -0.3 is 24.4 Å². The van der Waals surface area contributed by atoms with Crippen LogP contribution in [0.1, 0.15) is 0 Å². The molecule has 12 heteroatoms. The normalized spacial score (nSPS) is 17.4. The summed E-state index contributed by atoms with van der Waals surface area (Å²) < 4.78 is 30.8. The summed E-state index contributed by atoms with van der Waals surface area (Å²) in [5.74, 6) is 0. The van der Waals surface area contributed by atoms with Crippen molar-refractivity contribution in [1.29, 1.82) is 0 Å². The molecule has 0 aliphatic carbocycles. The van der Waals surface area contributed by atoms with Gasteiger partial charge in [-0.05, 0) is 0 Å². The molecule has 0 aliphatic rings. The van der Waals surface area contributed by atoms with Crippen molar-refractivity contribution in [2.24, 2.45) is 0 Å². The molecule has 2 unspecified atom stereocenters. The highest BCUT2D eigenvalue weighted by Gasteiger charge is 2.31. The van der Waals surface area contributed by atoms with Gasteiger partial charge in [0.15, 0.2) is 6.29 Å². The molecular formula is C5H10N2O8P2. The third-order valence-corrected chi connectivity index (χ3v) is 3.08. The Hall–Kier alpha value is -0.730. The highest BCUT2D eigenvalue weighted by molar-refractivity contribution is 7.53. The van der Waals surface area contributed by atoms with Crippen LogP contribution in [0.25, 0.3) is 0 Å². The zero-order valence-electron chi connectivity index (χ0n) is 8.23. The van der Waals surface area contributed by atoms with E-state index in [2.05, 4.69) is 14.1 Å². The van der Waals surface area contributed by atoms with E-state index in [0.717, 1.165) is 11.1 Å². The van der Waals surface area contributed by atoms with Crippen LogP contribution < -0.4 is 4.62 Å². The van der Waals surface area contributed by atoms with Crippen molar-refractivity contribution < 1.29 is 38.1 Å². The lowest BCUT2D eigenvalue weighted by Gasteiger charge is -2.16. The zero-order chi connectivity index (χ0) is 13.1. The van der Waals surface area contributed by atoms with E-state index in [4.69, 9.17) is 14.9 Å². The van der Waals surface area contributed by atoms with Crippen molar-refractivity contribution in [3.63, 3.8) is 0 Å². The molecule has 1 aromatic rings. The van der Waals surface area contributed by atoms with Crippen LogP contribution >= 0.6 is 15.4 Å². The smallest absolute Gasteiger partial charge is 0.367 e.